The van der Waals surface area contributed by atoms with Crippen molar-refractivity contribution in [3.05, 3.63) is 24.0 Å². The molecule has 142 valence electrons. The van der Waals surface area contributed by atoms with Crippen molar-refractivity contribution in [3.63, 3.8) is 0 Å². The number of amides is 1. The molecule has 0 spiro atoms. The van der Waals surface area contributed by atoms with Crippen LogP contribution < -0.4 is 14.9 Å². The van der Waals surface area contributed by atoms with Gasteiger partial charge in [0, 0.05) is 30.7 Å². The van der Waals surface area contributed by atoms with Crippen LogP contribution in [0, 0.1) is 11.7 Å². The maximum absolute atomic E-state index is 14.1. The van der Waals surface area contributed by atoms with Crippen LogP contribution in [-0.4, -0.2) is 38.7 Å². The molecule has 3 aliphatic heterocycles. The second-order valence-electron chi connectivity index (χ2n) is 7.64. The summed E-state index contributed by atoms with van der Waals surface area (Å²) in [7, 11) is -3.46. The smallest absolute Gasteiger partial charge is 0.235 e. The summed E-state index contributed by atoms with van der Waals surface area (Å²) in [5, 5.41) is 6.37. The minimum Gasteiger partial charge on any atom is -0.326 e. The molecule has 8 heteroatoms. The van der Waals surface area contributed by atoms with Gasteiger partial charge in [0.2, 0.25) is 15.9 Å². The first-order chi connectivity index (χ1) is 12.4. The molecule has 2 N–H and O–H groups in total. The predicted molar refractivity (Wildman–Crippen MR) is 98.1 cm³/mol. The molecule has 0 saturated carbocycles. The van der Waals surface area contributed by atoms with Gasteiger partial charge >= 0.3 is 0 Å². The third kappa shape index (κ3) is 3.57. The number of anilines is 2. The molecule has 1 aromatic carbocycles. The van der Waals surface area contributed by atoms with Gasteiger partial charge in [-0.25, -0.2) is 12.8 Å². The zero-order valence-corrected chi connectivity index (χ0v) is 15.4. The van der Waals surface area contributed by atoms with Crippen molar-refractivity contribution in [2.75, 3.05) is 21.9 Å². The Labute approximate surface area is 153 Å². The van der Waals surface area contributed by atoms with Gasteiger partial charge in [-0.05, 0) is 56.2 Å². The SMILES string of the molecule is O=C(CC1CC2CCC(C1)N2)Nc1ccc(F)c(N2CCCS2(=O)=O)c1. The highest BCUT2D eigenvalue weighted by atomic mass is 32.2. The lowest BCUT2D eigenvalue weighted by molar-refractivity contribution is -0.117. The molecule has 0 aromatic heterocycles. The number of carbonyl (C=O) groups is 1. The number of sulfonamides is 1. The quantitative estimate of drug-likeness (QED) is 0.838. The molecular formula is C18H24FN3O3S. The average Bonchev–Trinajstić information content (AvgIpc) is 3.10. The molecule has 3 heterocycles. The number of hydrogen-bond donors (Lipinski definition) is 2. The Morgan fingerprint density at radius 1 is 1.27 bits per heavy atom. The molecule has 6 nitrogen and oxygen atoms in total. The highest BCUT2D eigenvalue weighted by Gasteiger charge is 2.34. The lowest BCUT2D eigenvalue weighted by atomic mass is 9.89. The number of benzene rings is 1. The average molecular weight is 381 g/mol. The van der Waals surface area contributed by atoms with Crippen LogP contribution >= 0.6 is 0 Å². The number of piperidine rings is 1. The van der Waals surface area contributed by atoms with Crippen molar-refractivity contribution < 1.29 is 17.6 Å². The maximum Gasteiger partial charge on any atom is 0.235 e. The van der Waals surface area contributed by atoms with Gasteiger partial charge in [-0.2, -0.15) is 0 Å². The first-order valence-electron chi connectivity index (χ1n) is 9.26. The molecule has 3 aliphatic rings. The standard InChI is InChI=1S/C18H24FN3O3S/c19-16-5-4-15(11-17(16)22-6-1-7-26(22,24)25)21-18(23)10-12-8-13-2-3-14(9-12)20-13/h4-5,11-14,20H,1-3,6-10H2,(H,21,23). The Morgan fingerprint density at radius 3 is 2.65 bits per heavy atom. The highest BCUT2D eigenvalue weighted by Crippen LogP contribution is 2.33. The molecule has 0 aliphatic carbocycles. The van der Waals surface area contributed by atoms with Gasteiger partial charge in [-0.1, -0.05) is 0 Å². The normalized spacial score (nSPS) is 29.7. The summed E-state index contributed by atoms with van der Waals surface area (Å²) in [6.45, 7) is 0.272. The fourth-order valence-corrected chi connectivity index (χ4v) is 6.07. The van der Waals surface area contributed by atoms with E-state index in [-0.39, 0.29) is 23.9 Å². The van der Waals surface area contributed by atoms with E-state index in [0.29, 0.717) is 36.5 Å². The number of nitrogens with zero attached hydrogens (tertiary/aromatic N) is 1. The minimum absolute atomic E-state index is 0.0141. The summed E-state index contributed by atoms with van der Waals surface area (Å²) < 4.78 is 39.3. The Balaban J connectivity index is 1.43. The molecule has 4 rings (SSSR count). The van der Waals surface area contributed by atoms with Crippen molar-refractivity contribution in [2.45, 2.75) is 50.6 Å². The van der Waals surface area contributed by atoms with Gasteiger partial charge in [0.25, 0.3) is 0 Å². The van der Waals surface area contributed by atoms with Crippen LogP contribution in [0.3, 0.4) is 0 Å². The summed E-state index contributed by atoms with van der Waals surface area (Å²) in [4.78, 5) is 12.4. The summed E-state index contributed by atoms with van der Waals surface area (Å²) in [5.41, 5.74) is 0.450. The number of fused-ring (bicyclic) bond motifs is 2. The summed E-state index contributed by atoms with van der Waals surface area (Å²) in [6, 6.07) is 5.17. The predicted octanol–water partition coefficient (Wildman–Crippen LogP) is 2.22. The van der Waals surface area contributed by atoms with E-state index in [2.05, 4.69) is 10.6 Å². The first-order valence-corrected chi connectivity index (χ1v) is 10.9. The number of halogens is 1. The zero-order chi connectivity index (χ0) is 18.3. The monoisotopic (exact) mass is 381 g/mol. The van der Waals surface area contributed by atoms with Crippen molar-refractivity contribution in [1.82, 2.24) is 5.32 Å². The van der Waals surface area contributed by atoms with E-state index in [4.69, 9.17) is 0 Å². The van der Waals surface area contributed by atoms with Crippen LogP contribution in [-0.2, 0) is 14.8 Å². The van der Waals surface area contributed by atoms with Gasteiger partial charge in [0.05, 0.1) is 11.4 Å². The van der Waals surface area contributed by atoms with E-state index in [0.717, 1.165) is 17.1 Å². The largest absolute Gasteiger partial charge is 0.326 e. The van der Waals surface area contributed by atoms with Crippen LogP contribution in [0.2, 0.25) is 0 Å². The summed E-state index contributed by atoms with van der Waals surface area (Å²) in [5.74, 6) is -0.296. The molecule has 0 radical (unpaired) electrons. The van der Waals surface area contributed by atoms with Crippen LogP contribution in [0.1, 0.15) is 38.5 Å². The highest BCUT2D eigenvalue weighted by molar-refractivity contribution is 7.93. The van der Waals surface area contributed by atoms with Gasteiger partial charge < -0.3 is 10.6 Å². The van der Waals surface area contributed by atoms with E-state index < -0.39 is 15.8 Å². The molecule has 2 atom stereocenters. The molecular weight excluding hydrogens is 357 g/mol. The second-order valence-corrected chi connectivity index (χ2v) is 9.65. The van der Waals surface area contributed by atoms with E-state index in [1.165, 1.54) is 31.0 Å². The summed E-state index contributed by atoms with van der Waals surface area (Å²) in [6.07, 6.45) is 5.35. The van der Waals surface area contributed by atoms with Gasteiger partial charge in [0.1, 0.15) is 5.82 Å². The summed E-state index contributed by atoms with van der Waals surface area (Å²) >= 11 is 0. The Hall–Kier alpha value is -1.67. The van der Waals surface area contributed by atoms with Crippen LogP contribution in [0.15, 0.2) is 18.2 Å². The molecule has 1 amide bonds. The van der Waals surface area contributed by atoms with Crippen LogP contribution in [0.25, 0.3) is 0 Å². The number of rotatable bonds is 4. The maximum atomic E-state index is 14.1. The Kier molecular flexibility index (Phi) is 4.64. The van der Waals surface area contributed by atoms with Gasteiger partial charge in [-0.3, -0.25) is 9.10 Å². The third-order valence-corrected chi connectivity index (χ3v) is 7.50. The van der Waals surface area contributed by atoms with Gasteiger partial charge in [-0.15, -0.1) is 0 Å². The molecule has 26 heavy (non-hydrogen) atoms. The topological polar surface area (TPSA) is 78.5 Å². The Bertz CT molecular complexity index is 802. The van der Waals surface area contributed by atoms with Crippen LogP contribution in [0.4, 0.5) is 15.8 Å². The third-order valence-electron chi connectivity index (χ3n) is 5.64. The molecule has 2 unspecified atom stereocenters. The van der Waals surface area contributed by atoms with E-state index >= 15 is 0 Å². The van der Waals surface area contributed by atoms with Crippen molar-refractivity contribution in [2.24, 2.45) is 5.92 Å². The fraction of sp³-hybridized carbons (Fsp3) is 0.611. The lowest BCUT2D eigenvalue weighted by Gasteiger charge is -2.28. The number of nitrogens with one attached hydrogen (secondary N) is 2. The van der Waals surface area contributed by atoms with E-state index in [1.54, 1.807) is 0 Å². The fourth-order valence-electron chi connectivity index (χ4n) is 4.51. The molecule has 2 bridgehead atoms. The number of carbonyl (C=O) groups excluding carboxylic acids is 1. The van der Waals surface area contributed by atoms with E-state index in [1.807, 2.05) is 0 Å². The van der Waals surface area contributed by atoms with E-state index in [9.17, 15) is 17.6 Å². The minimum atomic E-state index is -3.46. The number of hydrogen-bond acceptors (Lipinski definition) is 4. The first kappa shape index (κ1) is 17.7. The lowest BCUT2D eigenvalue weighted by Crippen LogP contribution is -2.39. The molecule has 1 aromatic rings. The molecule has 3 saturated heterocycles. The zero-order valence-electron chi connectivity index (χ0n) is 14.6. The second kappa shape index (κ2) is 6.81. The Morgan fingerprint density at radius 2 is 2.00 bits per heavy atom. The van der Waals surface area contributed by atoms with Crippen LogP contribution in [0.5, 0.6) is 0 Å². The van der Waals surface area contributed by atoms with Crippen molar-refractivity contribution in [1.29, 1.82) is 0 Å². The molecule has 3 fully saturated rings. The van der Waals surface area contributed by atoms with Gasteiger partial charge in [0.15, 0.2) is 0 Å². The van der Waals surface area contributed by atoms with Crippen molar-refractivity contribution in [3.8, 4) is 0 Å². The van der Waals surface area contributed by atoms with Crippen molar-refractivity contribution >= 4 is 27.3 Å².